The van der Waals surface area contributed by atoms with E-state index in [0.29, 0.717) is 19.6 Å². The van der Waals surface area contributed by atoms with Gasteiger partial charge >= 0.3 is 5.97 Å². The van der Waals surface area contributed by atoms with Crippen molar-refractivity contribution in [1.29, 1.82) is 0 Å². The third-order valence-corrected chi connectivity index (χ3v) is 4.25. The maximum absolute atomic E-state index is 10.9. The normalized spacial score (nSPS) is 10.9. The van der Waals surface area contributed by atoms with Gasteiger partial charge in [0.05, 0.1) is 13.2 Å². The number of hydrogen-bond acceptors (Lipinski definition) is 3. The van der Waals surface area contributed by atoms with Crippen LogP contribution in [0.5, 0.6) is 11.5 Å². The highest BCUT2D eigenvalue weighted by Crippen LogP contribution is 2.26. The number of carboxylic acids is 1. The molecule has 2 aromatic rings. The van der Waals surface area contributed by atoms with Crippen molar-refractivity contribution in [2.75, 3.05) is 13.2 Å². The van der Waals surface area contributed by atoms with E-state index in [4.69, 9.17) is 14.6 Å². The Morgan fingerprint density at radius 1 is 1.04 bits per heavy atom. The molecule has 0 aliphatic carbocycles. The molecule has 0 aliphatic heterocycles. The molecule has 0 saturated heterocycles. The predicted octanol–water partition coefficient (Wildman–Crippen LogP) is 5.76. The van der Waals surface area contributed by atoms with Crippen molar-refractivity contribution in [3.63, 3.8) is 0 Å². The predicted molar refractivity (Wildman–Crippen MR) is 113 cm³/mol. The van der Waals surface area contributed by atoms with Crippen LogP contribution >= 0.6 is 0 Å². The van der Waals surface area contributed by atoms with Crippen molar-refractivity contribution >= 4 is 12.0 Å². The molecule has 0 aliphatic rings. The summed E-state index contributed by atoms with van der Waals surface area (Å²) >= 11 is 0. The van der Waals surface area contributed by atoms with Crippen LogP contribution in [0.4, 0.5) is 0 Å². The van der Waals surface area contributed by atoms with Gasteiger partial charge < -0.3 is 14.6 Å². The number of ether oxygens (including phenoxy) is 2. The van der Waals surface area contributed by atoms with Gasteiger partial charge in [-0.25, -0.2) is 0 Å². The molecule has 4 nitrogen and oxygen atoms in total. The Labute approximate surface area is 167 Å². The van der Waals surface area contributed by atoms with Crippen LogP contribution in [-0.2, 0) is 11.2 Å². The van der Waals surface area contributed by atoms with E-state index in [-0.39, 0.29) is 6.42 Å². The Kier molecular flexibility index (Phi) is 9.70. The standard InChI is InChI=1S/C24H30O4/c1-2-17-27-22-14-15-23(21(19-22)13-16-24(25)26)28-18-9-4-3-6-10-20-11-7-5-8-12-20/h5-8,10-12,14-15,19H,2-4,9,13,16-18H2,1H3,(H,25,26). The highest BCUT2D eigenvalue weighted by Gasteiger charge is 2.08. The third kappa shape index (κ3) is 8.30. The molecule has 0 spiro atoms. The van der Waals surface area contributed by atoms with Crippen LogP contribution in [-0.4, -0.2) is 24.3 Å². The molecule has 2 rings (SSSR count). The van der Waals surface area contributed by atoms with E-state index < -0.39 is 5.97 Å². The fourth-order valence-electron chi connectivity index (χ4n) is 2.77. The van der Waals surface area contributed by atoms with Crippen LogP contribution in [0.2, 0.25) is 0 Å². The van der Waals surface area contributed by atoms with Crippen molar-refractivity contribution in [3.05, 3.63) is 65.7 Å². The average Bonchev–Trinajstić information content (AvgIpc) is 2.71. The number of allylic oxidation sites excluding steroid dienone is 1. The Morgan fingerprint density at radius 2 is 1.86 bits per heavy atom. The summed E-state index contributed by atoms with van der Waals surface area (Å²) in [7, 11) is 0. The third-order valence-electron chi connectivity index (χ3n) is 4.25. The lowest BCUT2D eigenvalue weighted by molar-refractivity contribution is -0.136. The van der Waals surface area contributed by atoms with Gasteiger partial charge in [-0.1, -0.05) is 49.4 Å². The van der Waals surface area contributed by atoms with Gasteiger partial charge in [0.2, 0.25) is 0 Å². The Balaban J connectivity index is 1.79. The minimum Gasteiger partial charge on any atom is -0.494 e. The number of benzene rings is 2. The Hall–Kier alpha value is -2.75. The van der Waals surface area contributed by atoms with E-state index in [0.717, 1.165) is 42.7 Å². The largest absolute Gasteiger partial charge is 0.494 e. The molecule has 150 valence electrons. The smallest absolute Gasteiger partial charge is 0.303 e. The molecule has 0 bridgehead atoms. The zero-order valence-corrected chi connectivity index (χ0v) is 16.6. The molecule has 0 saturated carbocycles. The minimum atomic E-state index is -0.809. The number of aryl methyl sites for hydroxylation is 1. The Morgan fingerprint density at radius 3 is 2.61 bits per heavy atom. The second-order valence-corrected chi connectivity index (χ2v) is 6.67. The number of carbonyl (C=O) groups is 1. The molecule has 0 fully saturated rings. The molecule has 28 heavy (non-hydrogen) atoms. The summed E-state index contributed by atoms with van der Waals surface area (Å²) in [4.78, 5) is 10.9. The molecule has 0 unspecified atom stereocenters. The lowest BCUT2D eigenvalue weighted by atomic mass is 10.1. The average molecular weight is 383 g/mol. The molecular weight excluding hydrogens is 352 g/mol. The van der Waals surface area contributed by atoms with Gasteiger partial charge in [-0.2, -0.15) is 0 Å². The molecule has 0 amide bonds. The first-order valence-corrected chi connectivity index (χ1v) is 10.0. The van der Waals surface area contributed by atoms with Gasteiger partial charge in [0, 0.05) is 6.42 Å². The number of rotatable bonds is 13. The van der Waals surface area contributed by atoms with E-state index >= 15 is 0 Å². The van der Waals surface area contributed by atoms with E-state index in [1.807, 2.05) is 36.4 Å². The maximum atomic E-state index is 10.9. The monoisotopic (exact) mass is 382 g/mol. The molecule has 4 heteroatoms. The molecule has 0 atom stereocenters. The number of carboxylic acid groups (broad SMARTS) is 1. The summed E-state index contributed by atoms with van der Waals surface area (Å²) < 4.78 is 11.6. The lowest BCUT2D eigenvalue weighted by Crippen LogP contribution is -2.04. The summed E-state index contributed by atoms with van der Waals surface area (Å²) in [6, 6.07) is 15.9. The first kappa shape index (κ1) is 21.5. The highest BCUT2D eigenvalue weighted by atomic mass is 16.5. The first-order valence-electron chi connectivity index (χ1n) is 10.0. The van der Waals surface area contributed by atoms with Crippen molar-refractivity contribution in [2.24, 2.45) is 0 Å². The molecule has 2 aromatic carbocycles. The Bertz CT molecular complexity index is 738. The summed E-state index contributed by atoms with van der Waals surface area (Å²) in [5.41, 5.74) is 2.10. The molecule has 1 N–H and O–H groups in total. The minimum absolute atomic E-state index is 0.0812. The fourth-order valence-corrected chi connectivity index (χ4v) is 2.77. The van der Waals surface area contributed by atoms with E-state index in [1.165, 1.54) is 5.56 Å². The molecule has 0 aromatic heterocycles. The quantitative estimate of drug-likeness (QED) is 0.448. The van der Waals surface area contributed by atoms with Gasteiger partial charge in [0.25, 0.3) is 0 Å². The van der Waals surface area contributed by atoms with Crippen molar-refractivity contribution in [1.82, 2.24) is 0 Å². The summed E-state index contributed by atoms with van der Waals surface area (Å²) in [5, 5.41) is 8.98. The van der Waals surface area contributed by atoms with Crippen LogP contribution in [0.15, 0.2) is 54.6 Å². The first-order chi connectivity index (χ1) is 13.7. The second-order valence-electron chi connectivity index (χ2n) is 6.67. The fraction of sp³-hybridized carbons (Fsp3) is 0.375. The van der Waals surface area contributed by atoms with Crippen molar-refractivity contribution in [3.8, 4) is 11.5 Å². The van der Waals surface area contributed by atoms with Crippen LogP contribution in [0.1, 0.15) is 50.2 Å². The van der Waals surface area contributed by atoms with Crippen molar-refractivity contribution < 1.29 is 19.4 Å². The lowest BCUT2D eigenvalue weighted by Gasteiger charge is -2.13. The van der Waals surface area contributed by atoms with E-state index in [2.05, 4.69) is 31.2 Å². The van der Waals surface area contributed by atoms with Gasteiger partial charge in [-0.05, 0) is 61.4 Å². The van der Waals surface area contributed by atoms with Crippen LogP contribution in [0.25, 0.3) is 6.08 Å². The maximum Gasteiger partial charge on any atom is 0.303 e. The number of unbranched alkanes of at least 4 members (excludes halogenated alkanes) is 2. The number of hydrogen-bond donors (Lipinski definition) is 1. The van der Waals surface area contributed by atoms with Gasteiger partial charge in [-0.15, -0.1) is 0 Å². The number of aliphatic carboxylic acids is 1. The van der Waals surface area contributed by atoms with Crippen LogP contribution < -0.4 is 9.47 Å². The van der Waals surface area contributed by atoms with Gasteiger partial charge in [0.15, 0.2) is 0 Å². The van der Waals surface area contributed by atoms with Gasteiger partial charge in [0.1, 0.15) is 11.5 Å². The zero-order chi connectivity index (χ0) is 20.0. The topological polar surface area (TPSA) is 55.8 Å². The van der Waals surface area contributed by atoms with E-state index in [1.54, 1.807) is 0 Å². The van der Waals surface area contributed by atoms with E-state index in [9.17, 15) is 4.79 Å². The summed E-state index contributed by atoms with van der Waals surface area (Å²) in [6.45, 7) is 3.32. The molecule has 0 radical (unpaired) electrons. The summed E-state index contributed by atoms with van der Waals surface area (Å²) in [5.74, 6) is 0.710. The second kappa shape index (κ2) is 12.6. The zero-order valence-electron chi connectivity index (χ0n) is 16.6. The molecular formula is C24H30O4. The highest BCUT2D eigenvalue weighted by molar-refractivity contribution is 5.67. The SMILES string of the molecule is CCCOc1ccc(OCCCCC=Cc2ccccc2)c(CCC(=O)O)c1. The van der Waals surface area contributed by atoms with Crippen molar-refractivity contribution in [2.45, 2.75) is 45.4 Å². The van der Waals surface area contributed by atoms with Gasteiger partial charge in [-0.3, -0.25) is 4.79 Å². The molecule has 0 heterocycles. The summed E-state index contributed by atoms with van der Waals surface area (Å²) in [6.07, 6.45) is 8.78. The van der Waals surface area contributed by atoms with Crippen LogP contribution in [0.3, 0.4) is 0 Å². The van der Waals surface area contributed by atoms with Crippen LogP contribution in [0, 0.1) is 0 Å².